The van der Waals surface area contributed by atoms with Crippen LogP contribution in [0.4, 0.5) is 10.1 Å². The van der Waals surface area contributed by atoms with E-state index in [0.717, 1.165) is 69.3 Å². The SMILES string of the molecule is Nc1c(C(=O)NC2CCCCC2)nsc1C(=O)N(Cc1ccco1)C(C(=O)NC1CCCC1)c1ccc(F)cc1. The van der Waals surface area contributed by atoms with Crippen molar-refractivity contribution in [1.82, 2.24) is 19.9 Å². The summed E-state index contributed by atoms with van der Waals surface area (Å²) in [7, 11) is 0. The second-order valence-corrected chi connectivity index (χ2v) is 11.3. The minimum absolute atomic E-state index is 0.000395. The van der Waals surface area contributed by atoms with E-state index >= 15 is 0 Å². The molecule has 1 unspecified atom stereocenters. The molecule has 9 nitrogen and oxygen atoms in total. The number of amides is 3. The number of halogens is 1. The molecule has 2 aromatic heterocycles. The van der Waals surface area contributed by atoms with E-state index in [1.54, 1.807) is 12.1 Å². The number of hydrogen-bond donors (Lipinski definition) is 3. The summed E-state index contributed by atoms with van der Waals surface area (Å²) in [6.07, 6.45) is 10.3. The van der Waals surface area contributed by atoms with Crippen LogP contribution < -0.4 is 16.4 Å². The lowest BCUT2D eigenvalue weighted by molar-refractivity contribution is -0.126. The molecular weight excluding hydrogens is 533 g/mol. The Morgan fingerprint density at radius 2 is 1.65 bits per heavy atom. The highest BCUT2D eigenvalue weighted by Crippen LogP contribution is 2.31. The van der Waals surface area contributed by atoms with E-state index in [-0.39, 0.29) is 40.8 Å². The second kappa shape index (κ2) is 12.6. The van der Waals surface area contributed by atoms with Gasteiger partial charge in [0.1, 0.15) is 22.5 Å². The van der Waals surface area contributed by atoms with Crippen LogP contribution in [0.25, 0.3) is 0 Å². The number of benzene rings is 1. The van der Waals surface area contributed by atoms with Crippen LogP contribution in [0.15, 0.2) is 47.1 Å². The predicted molar refractivity (Wildman–Crippen MR) is 149 cm³/mol. The molecular formula is C29H34FN5O4S. The van der Waals surface area contributed by atoms with Gasteiger partial charge in [-0.2, -0.15) is 4.37 Å². The van der Waals surface area contributed by atoms with E-state index in [0.29, 0.717) is 11.3 Å². The molecule has 0 bridgehead atoms. The van der Waals surface area contributed by atoms with Gasteiger partial charge in [0.05, 0.1) is 18.5 Å². The summed E-state index contributed by atoms with van der Waals surface area (Å²) >= 11 is 0.826. The molecule has 2 aliphatic carbocycles. The van der Waals surface area contributed by atoms with Crippen LogP contribution >= 0.6 is 11.5 Å². The summed E-state index contributed by atoms with van der Waals surface area (Å²) in [5, 5.41) is 6.07. The number of carbonyl (C=O) groups excluding carboxylic acids is 3. The maximum Gasteiger partial charge on any atom is 0.273 e. The molecule has 2 saturated carbocycles. The fourth-order valence-corrected chi connectivity index (χ4v) is 6.32. The molecule has 11 heteroatoms. The quantitative estimate of drug-likeness (QED) is 0.335. The second-order valence-electron chi connectivity index (χ2n) is 10.5. The standard InChI is InChI=1S/C29H34FN5O4S/c30-19-14-12-18(13-15-19)25(28(37)33-21-9-4-5-10-21)35(17-22-11-6-16-39-22)29(38)26-23(31)24(34-40-26)27(36)32-20-7-2-1-3-8-20/h6,11-16,20-21,25H,1-5,7-10,17,31H2,(H,32,36)(H,33,37). The molecule has 40 heavy (non-hydrogen) atoms. The van der Waals surface area contributed by atoms with Crippen LogP contribution in [-0.4, -0.2) is 39.1 Å². The molecule has 2 fully saturated rings. The molecule has 2 heterocycles. The number of anilines is 1. The summed E-state index contributed by atoms with van der Waals surface area (Å²) in [4.78, 5) is 42.3. The van der Waals surface area contributed by atoms with Gasteiger partial charge in [0.15, 0.2) is 5.69 Å². The van der Waals surface area contributed by atoms with Crippen LogP contribution in [0.1, 0.15) is 95.3 Å². The van der Waals surface area contributed by atoms with Crippen molar-refractivity contribution in [3.05, 3.63) is 70.4 Å². The normalized spacial score (nSPS) is 16.9. The van der Waals surface area contributed by atoms with Crippen molar-refractivity contribution in [3.8, 4) is 0 Å². The molecule has 3 aromatic rings. The number of nitrogens with two attached hydrogens (primary N) is 1. The number of nitrogens with one attached hydrogen (secondary N) is 2. The Bertz CT molecular complexity index is 1310. The molecule has 0 saturated heterocycles. The van der Waals surface area contributed by atoms with Crippen molar-refractivity contribution < 1.29 is 23.2 Å². The Morgan fingerprint density at radius 1 is 1.00 bits per heavy atom. The van der Waals surface area contributed by atoms with Gasteiger partial charge in [-0.1, -0.05) is 44.2 Å². The lowest BCUT2D eigenvalue weighted by Gasteiger charge is -2.31. The summed E-state index contributed by atoms with van der Waals surface area (Å²) in [6, 6.07) is 7.86. The zero-order valence-electron chi connectivity index (χ0n) is 22.2. The van der Waals surface area contributed by atoms with Crippen molar-refractivity contribution >= 4 is 34.9 Å². The van der Waals surface area contributed by atoms with E-state index in [4.69, 9.17) is 10.2 Å². The number of carbonyl (C=O) groups is 3. The van der Waals surface area contributed by atoms with Crippen LogP contribution in [-0.2, 0) is 11.3 Å². The summed E-state index contributed by atoms with van der Waals surface area (Å²) in [6.45, 7) is -0.0487. The first kappa shape index (κ1) is 27.8. The summed E-state index contributed by atoms with van der Waals surface area (Å²) in [5.74, 6) is -1.36. The Hall–Kier alpha value is -3.73. The third-order valence-electron chi connectivity index (χ3n) is 7.69. The van der Waals surface area contributed by atoms with E-state index in [1.807, 2.05) is 0 Å². The third-order valence-corrected chi connectivity index (χ3v) is 8.54. The average Bonchev–Trinajstić information content (AvgIpc) is 3.73. The smallest absolute Gasteiger partial charge is 0.273 e. The van der Waals surface area contributed by atoms with E-state index in [1.165, 1.54) is 35.4 Å². The number of nitrogen functional groups attached to an aromatic ring is 1. The molecule has 3 amide bonds. The Morgan fingerprint density at radius 3 is 2.30 bits per heavy atom. The topological polar surface area (TPSA) is 131 Å². The first-order chi connectivity index (χ1) is 19.4. The van der Waals surface area contributed by atoms with Crippen LogP contribution in [0.3, 0.4) is 0 Å². The molecule has 4 N–H and O–H groups in total. The molecule has 0 aliphatic heterocycles. The molecule has 2 aliphatic rings. The van der Waals surface area contributed by atoms with Gasteiger partial charge in [-0.25, -0.2) is 4.39 Å². The molecule has 212 valence electrons. The Balaban J connectivity index is 1.47. The van der Waals surface area contributed by atoms with Gasteiger partial charge in [-0.05, 0) is 67.0 Å². The van der Waals surface area contributed by atoms with Gasteiger partial charge in [0.25, 0.3) is 11.8 Å². The van der Waals surface area contributed by atoms with Crippen LogP contribution in [0.5, 0.6) is 0 Å². The predicted octanol–water partition coefficient (Wildman–Crippen LogP) is 4.96. The van der Waals surface area contributed by atoms with E-state index in [2.05, 4.69) is 15.0 Å². The lowest BCUT2D eigenvalue weighted by atomic mass is 9.95. The minimum atomic E-state index is -1.10. The van der Waals surface area contributed by atoms with Gasteiger partial charge in [-0.15, -0.1) is 0 Å². The first-order valence-corrected chi connectivity index (χ1v) is 14.6. The van der Waals surface area contributed by atoms with Gasteiger partial charge < -0.3 is 25.7 Å². The zero-order valence-corrected chi connectivity index (χ0v) is 23.1. The molecule has 1 aromatic carbocycles. The highest BCUT2D eigenvalue weighted by atomic mass is 32.1. The first-order valence-electron chi connectivity index (χ1n) is 13.9. The van der Waals surface area contributed by atoms with Crippen molar-refractivity contribution in [2.24, 2.45) is 0 Å². The van der Waals surface area contributed by atoms with Crippen molar-refractivity contribution in [3.63, 3.8) is 0 Å². The third kappa shape index (κ3) is 6.35. The van der Waals surface area contributed by atoms with Crippen molar-refractivity contribution in [2.75, 3.05) is 5.73 Å². The number of furan rings is 1. The molecule has 0 radical (unpaired) electrons. The molecule has 1 atom stereocenters. The number of hydrogen-bond acceptors (Lipinski definition) is 7. The van der Waals surface area contributed by atoms with Gasteiger partial charge >= 0.3 is 0 Å². The fourth-order valence-electron chi connectivity index (χ4n) is 5.57. The fraction of sp³-hybridized carbons (Fsp3) is 0.448. The number of rotatable bonds is 9. The average molecular weight is 568 g/mol. The highest BCUT2D eigenvalue weighted by molar-refractivity contribution is 7.09. The number of aromatic nitrogens is 1. The number of nitrogens with zero attached hydrogens (tertiary/aromatic N) is 2. The zero-order chi connectivity index (χ0) is 28.1. The maximum atomic E-state index is 14.1. The molecule has 5 rings (SSSR count). The summed E-state index contributed by atoms with van der Waals surface area (Å²) in [5.41, 5.74) is 6.77. The van der Waals surface area contributed by atoms with Gasteiger partial charge in [0, 0.05) is 12.1 Å². The maximum absolute atomic E-state index is 14.1. The van der Waals surface area contributed by atoms with Crippen molar-refractivity contribution in [2.45, 2.75) is 82.5 Å². The molecule has 0 spiro atoms. The van der Waals surface area contributed by atoms with Crippen LogP contribution in [0, 0.1) is 5.82 Å². The Kier molecular flexibility index (Phi) is 8.78. The van der Waals surface area contributed by atoms with Gasteiger partial charge in [-0.3, -0.25) is 14.4 Å². The summed E-state index contributed by atoms with van der Waals surface area (Å²) < 4.78 is 23.6. The van der Waals surface area contributed by atoms with Crippen LogP contribution in [0.2, 0.25) is 0 Å². The van der Waals surface area contributed by atoms with E-state index < -0.39 is 23.7 Å². The van der Waals surface area contributed by atoms with E-state index in [9.17, 15) is 18.8 Å². The largest absolute Gasteiger partial charge is 0.467 e. The minimum Gasteiger partial charge on any atom is -0.467 e. The highest BCUT2D eigenvalue weighted by Gasteiger charge is 2.37. The van der Waals surface area contributed by atoms with Crippen molar-refractivity contribution in [1.29, 1.82) is 0 Å². The lowest BCUT2D eigenvalue weighted by Crippen LogP contribution is -2.45. The van der Waals surface area contributed by atoms with Gasteiger partial charge in [0.2, 0.25) is 5.91 Å². The Labute approximate surface area is 236 Å². The monoisotopic (exact) mass is 567 g/mol.